The Morgan fingerprint density at radius 3 is 2.69 bits per heavy atom. The molecule has 2 fully saturated rings. The molecule has 0 aromatic rings. The van der Waals surface area contributed by atoms with Crippen molar-refractivity contribution in [2.24, 2.45) is 23.2 Å². The summed E-state index contributed by atoms with van der Waals surface area (Å²) in [7, 11) is 0. The second-order valence-electron chi connectivity index (χ2n) is 5.81. The van der Waals surface area contributed by atoms with Gasteiger partial charge in [-0.15, -0.1) is 0 Å². The highest BCUT2D eigenvalue weighted by atomic mass is 16.1. The fourth-order valence-corrected chi connectivity index (χ4v) is 4.29. The van der Waals surface area contributed by atoms with Crippen LogP contribution in [0, 0.1) is 23.2 Å². The molecule has 0 aromatic heterocycles. The van der Waals surface area contributed by atoms with E-state index in [2.05, 4.69) is 13.0 Å². The standard InChI is InChI=1S/C14H18O2/c1-8-5-11(9(2)15)7-14(8)12-4-3-10(6-12)13(14)16/h5,10-12H,3-4,6-7H2,1-2H3/t10-,11+,12+,14-/m1/s1. The molecule has 16 heavy (non-hydrogen) atoms. The van der Waals surface area contributed by atoms with E-state index in [1.807, 2.05) is 0 Å². The molecule has 0 aliphatic heterocycles. The lowest BCUT2D eigenvalue weighted by molar-refractivity contribution is -0.130. The summed E-state index contributed by atoms with van der Waals surface area (Å²) in [5.74, 6) is 1.50. The van der Waals surface area contributed by atoms with Crippen molar-refractivity contribution < 1.29 is 9.59 Å². The van der Waals surface area contributed by atoms with E-state index in [0.717, 1.165) is 19.3 Å². The molecule has 2 bridgehead atoms. The van der Waals surface area contributed by atoms with Gasteiger partial charge in [-0.3, -0.25) is 9.59 Å². The fraction of sp³-hybridized carbons (Fsp3) is 0.714. The minimum atomic E-state index is -0.223. The molecule has 3 aliphatic carbocycles. The van der Waals surface area contributed by atoms with Crippen LogP contribution in [0.5, 0.6) is 0 Å². The zero-order valence-electron chi connectivity index (χ0n) is 9.95. The number of rotatable bonds is 1. The van der Waals surface area contributed by atoms with E-state index in [4.69, 9.17) is 0 Å². The van der Waals surface area contributed by atoms with E-state index >= 15 is 0 Å². The van der Waals surface area contributed by atoms with Gasteiger partial charge in [-0.05, 0) is 45.4 Å². The van der Waals surface area contributed by atoms with Gasteiger partial charge in [-0.1, -0.05) is 11.6 Å². The van der Waals surface area contributed by atoms with Crippen molar-refractivity contribution in [3.05, 3.63) is 11.6 Å². The second-order valence-corrected chi connectivity index (χ2v) is 5.81. The van der Waals surface area contributed by atoms with Crippen LogP contribution in [0.15, 0.2) is 11.6 Å². The molecule has 3 rings (SSSR count). The van der Waals surface area contributed by atoms with Crippen LogP contribution in [-0.2, 0) is 9.59 Å². The van der Waals surface area contributed by atoms with Crippen LogP contribution in [0.25, 0.3) is 0 Å². The summed E-state index contributed by atoms with van der Waals surface area (Å²) >= 11 is 0. The van der Waals surface area contributed by atoms with E-state index in [1.165, 1.54) is 12.0 Å². The molecule has 2 heteroatoms. The maximum Gasteiger partial charge on any atom is 0.146 e. The van der Waals surface area contributed by atoms with Crippen LogP contribution in [-0.4, -0.2) is 11.6 Å². The average molecular weight is 218 g/mol. The van der Waals surface area contributed by atoms with Crippen molar-refractivity contribution in [1.82, 2.24) is 0 Å². The molecule has 2 saturated carbocycles. The minimum Gasteiger partial charge on any atom is -0.299 e. The van der Waals surface area contributed by atoms with Crippen LogP contribution in [0.2, 0.25) is 0 Å². The van der Waals surface area contributed by atoms with Crippen molar-refractivity contribution in [2.75, 3.05) is 0 Å². The molecule has 2 nitrogen and oxygen atoms in total. The Kier molecular flexibility index (Phi) is 1.96. The summed E-state index contributed by atoms with van der Waals surface area (Å²) in [5, 5.41) is 0. The van der Waals surface area contributed by atoms with Crippen molar-refractivity contribution in [2.45, 2.75) is 39.5 Å². The molecular formula is C14H18O2. The summed E-state index contributed by atoms with van der Waals surface area (Å²) in [6, 6.07) is 0. The third-order valence-corrected chi connectivity index (χ3v) is 5.16. The lowest BCUT2D eigenvalue weighted by Crippen LogP contribution is -2.37. The third kappa shape index (κ3) is 1.03. The van der Waals surface area contributed by atoms with E-state index < -0.39 is 0 Å². The Labute approximate surface area is 96.1 Å². The quantitative estimate of drug-likeness (QED) is 0.634. The zero-order chi connectivity index (χ0) is 11.5. The highest BCUT2D eigenvalue weighted by molar-refractivity contribution is 5.95. The summed E-state index contributed by atoms with van der Waals surface area (Å²) in [5.41, 5.74) is 0.962. The number of hydrogen-bond acceptors (Lipinski definition) is 2. The molecule has 4 atom stereocenters. The number of Topliss-reactive ketones (excluding diaryl/α,β-unsaturated/α-hetero) is 2. The lowest BCUT2D eigenvalue weighted by atomic mass is 9.67. The maximum atomic E-state index is 12.4. The van der Waals surface area contributed by atoms with Crippen LogP contribution in [0.3, 0.4) is 0 Å². The van der Waals surface area contributed by atoms with E-state index in [0.29, 0.717) is 17.6 Å². The van der Waals surface area contributed by atoms with Gasteiger partial charge in [0.1, 0.15) is 11.6 Å². The van der Waals surface area contributed by atoms with E-state index in [9.17, 15) is 9.59 Å². The van der Waals surface area contributed by atoms with Crippen molar-refractivity contribution in [3.8, 4) is 0 Å². The molecule has 0 N–H and O–H groups in total. The van der Waals surface area contributed by atoms with Gasteiger partial charge in [0.25, 0.3) is 0 Å². The van der Waals surface area contributed by atoms with Gasteiger partial charge in [0.2, 0.25) is 0 Å². The largest absolute Gasteiger partial charge is 0.299 e. The van der Waals surface area contributed by atoms with Gasteiger partial charge < -0.3 is 0 Å². The molecule has 3 aliphatic rings. The summed E-state index contributed by atoms with van der Waals surface area (Å²) in [6.45, 7) is 3.70. The Morgan fingerprint density at radius 1 is 1.44 bits per heavy atom. The molecule has 0 heterocycles. The number of allylic oxidation sites excluding steroid dienone is 2. The van der Waals surface area contributed by atoms with Gasteiger partial charge in [0, 0.05) is 11.8 Å². The Morgan fingerprint density at radius 2 is 2.19 bits per heavy atom. The van der Waals surface area contributed by atoms with Crippen LogP contribution < -0.4 is 0 Å². The summed E-state index contributed by atoms with van der Waals surface area (Å²) in [6.07, 6.45) is 6.18. The van der Waals surface area contributed by atoms with E-state index in [-0.39, 0.29) is 17.1 Å². The highest BCUT2D eigenvalue weighted by Gasteiger charge is 2.60. The molecule has 1 spiro atoms. The first kappa shape index (κ1) is 10.2. The first-order chi connectivity index (χ1) is 7.55. The van der Waals surface area contributed by atoms with Gasteiger partial charge in [0.15, 0.2) is 0 Å². The van der Waals surface area contributed by atoms with Crippen molar-refractivity contribution in [3.63, 3.8) is 0 Å². The normalized spacial score (nSPS) is 45.5. The molecule has 0 aromatic carbocycles. The Balaban J connectivity index is 1.99. The molecule has 0 saturated heterocycles. The van der Waals surface area contributed by atoms with Gasteiger partial charge in [-0.25, -0.2) is 0 Å². The number of hydrogen-bond donors (Lipinski definition) is 0. The predicted octanol–water partition coefficient (Wildman–Crippen LogP) is 2.53. The number of ketones is 2. The van der Waals surface area contributed by atoms with Crippen molar-refractivity contribution >= 4 is 11.6 Å². The summed E-state index contributed by atoms with van der Waals surface area (Å²) < 4.78 is 0. The monoisotopic (exact) mass is 218 g/mol. The van der Waals surface area contributed by atoms with Crippen LogP contribution in [0.1, 0.15) is 39.5 Å². The lowest BCUT2D eigenvalue weighted by Gasteiger charge is -2.34. The number of fused-ring (bicyclic) bond motifs is 3. The first-order valence-corrected chi connectivity index (χ1v) is 6.29. The Hall–Kier alpha value is -0.920. The van der Waals surface area contributed by atoms with Gasteiger partial charge in [-0.2, -0.15) is 0 Å². The second kappa shape index (κ2) is 3.06. The van der Waals surface area contributed by atoms with Gasteiger partial charge >= 0.3 is 0 Å². The minimum absolute atomic E-state index is 0.00306. The number of carbonyl (C=O) groups excluding carboxylic acids is 2. The predicted molar refractivity (Wildman–Crippen MR) is 60.8 cm³/mol. The van der Waals surface area contributed by atoms with Gasteiger partial charge in [0.05, 0.1) is 5.41 Å². The SMILES string of the molecule is CC(=O)[C@H]1C=C(C)[C@@]2(C1)C(=O)[C@@H]1CC[C@H]2C1. The molecule has 0 unspecified atom stereocenters. The third-order valence-electron chi connectivity index (χ3n) is 5.16. The zero-order valence-corrected chi connectivity index (χ0v) is 9.95. The smallest absolute Gasteiger partial charge is 0.146 e. The summed E-state index contributed by atoms with van der Waals surface area (Å²) in [4.78, 5) is 23.9. The number of carbonyl (C=O) groups is 2. The molecule has 0 amide bonds. The first-order valence-electron chi connectivity index (χ1n) is 6.29. The Bertz CT molecular complexity index is 407. The van der Waals surface area contributed by atoms with Crippen LogP contribution >= 0.6 is 0 Å². The van der Waals surface area contributed by atoms with Crippen LogP contribution in [0.4, 0.5) is 0 Å². The topological polar surface area (TPSA) is 34.1 Å². The fourth-order valence-electron chi connectivity index (χ4n) is 4.29. The highest BCUT2D eigenvalue weighted by Crippen LogP contribution is 2.61. The average Bonchev–Trinajstić information content (AvgIpc) is 2.86. The maximum absolute atomic E-state index is 12.4. The molecule has 0 radical (unpaired) electrons. The molecule has 86 valence electrons. The molecular weight excluding hydrogens is 200 g/mol. The van der Waals surface area contributed by atoms with E-state index in [1.54, 1.807) is 6.92 Å². The van der Waals surface area contributed by atoms with Crippen molar-refractivity contribution in [1.29, 1.82) is 0 Å².